The first-order chi connectivity index (χ1) is 8.22. The molecule has 0 radical (unpaired) electrons. The van der Waals surface area contributed by atoms with Crippen LogP contribution in [0.3, 0.4) is 0 Å². The normalized spacial score (nSPS) is 10.8. The van der Waals surface area contributed by atoms with Gasteiger partial charge in [0.25, 0.3) is 0 Å². The average Bonchev–Trinajstić information content (AvgIpc) is 2.74. The summed E-state index contributed by atoms with van der Waals surface area (Å²) in [6.45, 7) is 3.46. The van der Waals surface area contributed by atoms with Gasteiger partial charge in [0.1, 0.15) is 6.33 Å². The summed E-state index contributed by atoms with van der Waals surface area (Å²) in [5, 5.41) is 8.11. The molecule has 5 heteroatoms. The molecule has 0 fully saturated rings. The Morgan fingerprint density at radius 3 is 2.94 bits per heavy atom. The standard InChI is InChI=1S/C12H14BrN3O/c1-9-3-4-10(11(13)7-9)12-15-14-8-16(12)5-6-17-2/h3-4,7-8H,5-6H2,1-2H3. The minimum atomic E-state index is 0.647. The van der Waals surface area contributed by atoms with E-state index >= 15 is 0 Å². The zero-order valence-electron chi connectivity index (χ0n) is 9.85. The van der Waals surface area contributed by atoms with Crippen LogP contribution in [0, 0.1) is 6.92 Å². The summed E-state index contributed by atoms with van der Waals surface area (Å²) in [5.41, 5.74) is 2.26. The van der Waals surface area contributed by atoms with E-state index in [1.165, 1.54) is 5.56 Å². The van der Waals surface area contributed by atoms with Crippen LogP contribution in [0.4, 0.5) is 0 Å². The van der Waals surface area contributed by atoms with Crippen molar-refractivity contribution in [1.82, 2.24) is 14.8 Å². The fraction of sp³-hybridized carbons (Fsp3) is 0.333. The Morgan fingerprint density at radius 1 is 1.41 bits per heavy atom. The van der Waals surface area contributed by atoms with Crippen LogP contribution in [0.25, 0.3) is 11.4 Å². The quantitative estimate of drug-likeness (QED) is 0.871. The van der Waals surface area contributed by atoms with Crippen LogP contribution in [0.5, 0.6) is 0 Å². The van der Waals surface area contributed by atoms with Crippen molar-refractivity contribution in [1.29, 1.82) is 0 Å². The summed E-state index contributed by atoms with van der Waals surface area (Å²) in [7, 11) is 1.69. The molecule has 0 aliphatic heterocycles. The predicted molar refractivity (Wildman–Crippen MR) is 69.8 cm³/mol. The molecule has 2 rings (SSSR count). The number of aryl methyl sites for hydroxylation is 1. The van der Waals surface area contributed by atoms with Crippen molar-refractivity contribution >= 4 is 15.9 Å². The summed E-state index contributed by atoms with van der Waals surface area (Å²) in [6.07, 6.45) is 1.72. The minimum absolute atomic E-state index is 0.647. The van der Waals surface area contributed by atoms with Crippen molar-refractivity contribution in [2.24, 2.45) is 0 Å². The molecule has 0 unspecified atom stereocenters. The van der Waals surface area contributed by atoms with Crippen LogP contribution in [-0.2, 0) is 11.3 Å². The van der Waals surface area contributed by atoms with Crippen molar-refractivity contribution < 1.29 is 4.74 Å². The molecule has 0 bridgehead atoms. The molecule has 90 valence electrons. The molecular formula is C12H14BrN3O. The molecule has 0 aliphatic carbocycles. The van der Waals surface area contributed by atoms with Crippen LogP contribution in [-0.4, -0.2) is 28.5 Å². The van der Waals surface area contributed by atoms with E-state index in [9.17, 15) is 0 Å². The van der Waals surface area contributed by atoms with E-state index < -0.39 is 0 Å². The topological polar surface area (TPSA) is 39.9 Å². The maximum absolute atomic E-state index is 5.07. The molecular weight excluding hydrogens is 282 g/mol. The molecule has 2 aromatic rings. The summed E-state index contributed by atoms with van der Waals surface area (Å²) >= 11 is 3.56. The number of nitrogens with zero attached hydrogens (tertiary/aromatic N) is 3. The van der Waals surface area contributed by atoms with Crippen LogP contribution in [0.1, 0.15) is 5.56 Å². The van der Waals surface area contributed by atoms with Gasteiger partial charge in [-0.15, -0.1) is 10.2 Å². The summed E-state index contributed by atoms with van der Waals surface area (Å²) in [5.74, 6) is 0.855. The van der Waals surface area contributed by atoms with Crippen LogP contribution in [0.15, 0.2) is 29.0 Å². The number of halogens is 1. The van der Waals surface area contributed by atoms with E-state index in [2.05, 4.69) is 45.2 Å². The van der Waals surface area contributed by atoms with Gasteiger partial charge in [-0.3, -0.25) is 0 Å². The molecule has 0 spiro atoms. The second-order valence-corrected chi connectivity index (χ2v) is 4.68. The number of aromatic nitrogens is 3. The van der Waals surface area contributed by atoms with Crippen LogP contribution in [0.2, 0.25) is 0 Å². The lowest BCUT2D eigenvalue weighted by atomic mass is 10.1. The third-order valence-electron chi connectivity index (χ3n) is 2.52. The SMILES string of the molecule is COCCn1cnnc1-c1ccc(C)cc1Br. The van der Waals surface area contributed by atoms with Gasteiger partial charge >= 0.3 is 0 Å². The number of rotatable bonds is 4. The maximum Gasteiger partial charge on any atom is 0.164 e. The first-order valence-electron chi connectivity index (χ1n) is 5.35. The fourth-order valence-electron chi connectivity index (χ4n) is 1.62. The van der Waals surface area contributed by atoms with Gasteiger partial charge in [0.2, 0.25) is 0 Å². The third kappa shape index (κ3) is 2.73. The summed E-state index contributed by atoms with van der Waals surface area (Å²) in [4.78, 5) is 0. The Morgan fingerprint density at radius 2 is 2.24 bits per heavy atom. The monoisotopic (exact) mass is 295 g/mol. The van der Waals surface area contributed by atoms with Crippen molar-refractivity contribution in [2.75, 3.05) is 13.7 Å². The highest BCUT2D eigenvalue weighted by Crippen LogP contribution is 2.27. The Kier molecular flexibility index (Phi) is 3.91. The Balaban J connectivity index is 2.35. The predicted octanol–water partition coefficient (Wildman–Crippen LogP) is 2.66. The zero-order valence-corrected chi connectivity index (χ0v) is 11.4. The molecule has 1 heterocycles. The van der Waals surface area contributed by atoms with E-state index in [1.807, 2.05) is 10.6 Å². The summed E-state index contributed by atoms with van der Waals surface area (Å²) < 4.78 is 8.08. The lowest BCUT2D eigenvalue weighted by Crippen LogP contribution is -2.05. The summed E-state index contributed by atoms with van der Waals surface area (Å²) in [6, 6.07) is 6.19. The molecule has 17 heavy (non-hydrogen) atoms. The second kappa shape index (κ2) is 5.42. The first kappa shape index (κ1) is 12.3. The molecule has 0 amide bonds. The second-order valence-electron chi connectivity index (χ2n) is 3.82. The highest BCUT2D eigenvalue weighted by atomic mass is 79.9. The van der Waals surface area contributed by atoms with Gasteiger partial charge in [-0.1, -0.05) is 22.0 Å². The van der Waals surface area contributed by atoms with E-state index in [4.69, 9.17) is 4.74 Å². The van der Waals surface area contributed by atoms with Gasteiger partial charge < -0.3 is 9.30 Å². The lowest BCUT2D eigenvalue weighted by molar-refractivity contribution is 0.187. The molecule has 1 aromatic carbocycles. The first-order valence-corrected chi connectivity index (χ1v) is 6.15. The van der Waals surface area contributed by atoms with E-state index in [0.29, 0.717) is 6.61 Å². The third-order valence-corrected chi connectivity index (χ3v) is 3.17. The lowest BCUT2D eigenvalue weighted by Gasteiger charge is -2.08. The van der Waals surface area contributed by atoms with Crippen LogP contribution < -0.4 is 0 Å². The molecule has 0 aliphatic rings. The number of hydrogen-bond acceptors (Lipinski definition) is 3. The Labute approximate surface area is 109 Å². The largest absolute Gasteiger partial charge is 0.383 e. The minimum Gasteiger partial charge on any atom is -0.383 e. The Hall–Kier alpha value is -1.20. The van der Waals surface area contributed by atoms with Gasteiger partial charge in [0.15, 0.2) is 5.82 Å². The van der Waals surface area contributed by atoms with Crippen LogP contribution >= 0.6 is 15.9 Å². The highest BCUT2D eigenvalue weighted by Gasteiger charge is 2.10. The number of hydrogen-bond donors (Lipinski definition) is 0. The van der Waals surface area contributed by atoms with Crippen molar-refractivity contribution in [3.05, 3.63) is 34.6 Å². The molecule has 0 saturated heterocycles. The van der Waals surface area contributed by atoms with Crippen molar-refractivity contribution in [3.63, 3.8) is 0 Å². The average molecular weight is 296 g/mol. The molecule has 4 nitrogen and oxygen atoms in total. The molecule has 1 aromatic heterocycles. The molecule has 0 N–H and O–H groups in total. The van der Waals surface area contributed by atoms with Gasteiger partial charge in [-0.25, -0.2) is 0 Å². The van der Waals surface area contributed by atoms with Gasteiger partial charge in [0.05, 0.1) is 6.61 Å². The molecule has 0 saturated carbocycles. The van der Waals surface area contributed by atoms with E-state index in [0.717, 1.165) is 22.4 Å². The smallest absolute Gasteiger partial charge is 0.164 e. The Bertz CT molecular complexity index is 510. The van der Waals surface area contributed by atoms with E-state index in [-0.39, 0.29) is 0 Å². The number of ether oxygens (including phenoxy) is 1. The zero-order chi connectivity index (χ0) is 12.3. The number of methoxy groups -OCH3 is 1. The van der Waals surface area contributed by atoms with Gasteiger partial charge in [0, 0.05) is 23.7 Å². The van der Waals surface area contributed by atoms with Crippen molar-refractivity contribution in [3.8, 4) is 11.4 Å². The molecule has 0 atom stereocenters. The number of benzene rings is 1. The van der Waals surface area contributed by atoms with E-state index in [1.54, 1.807) is 13.4 Å². The van der Waals surface area contributed by atoms with Crippen molar-refractivity contribution in [2.45, 2.75) is 13.5 Å². The maximum atomic E-state index is 5.07. The fourth-order valence-corrected chi connectivity index (χ4v) is 2.29. The van der Waals surface area contributed by atoms with Gasteiger partial charge in [-0.2, -0.15) is 0 Å². The highest BCUT2D eigenvalue weighted by molar-refractivity contribution is 9.10. The van der Waals surface area contributed by atoms with Gasteiger partial charge in [-0.05, 0) is 24.6 Å².